The molecule has 3 aromatic carbocycles. The highest BCUT2D eigenvalue weighted by Gasteiger charge is 2.35. The molecule has 0 spiro atoms. The van der Waals surface area contributed by atoms with E-state index in [1.807, 2.05) is 67.6 Å². The first kappa shape index (κ1) is 26.6. The molecule has 3 N–H and O–H groups in total. The van der Waals surface area contributed by atoms with E-state index in [2.05, 4.69) is 0 Å². The molecular formula is C32H27N5O5. The zero-order valence-corrected chi connectivity index (χ0v) is 23.1. The molecule has 0 bridgehead atoms. The number of nitrogen functional groups attached to an aromatic ring is 1. The van der Waals surface area contributed by atoms with Gasteiger partial charge in [-0.2, -0.15) is 5.10 Å². The molecule has 0 amide bonds. The van der Waals surface area contributed by atoms with Crippen molar-refractivity contribution in [1.82, 2.24) is 18.9 Å². The number of para-hydroxylation sites is 1. The lowest BCUT2D eigenvalue weighted by Gasteiger charge is -2.21. The number of anilines is 1. The van der Waals surface area contributed by atoms with E-state index in [1.54, 1.807) is 29.1 Å². The summed E-state index contributed by atoms with van der Waals surface area (Å²) in [5.74, 6) is -1.76. The molecule has 0 aliphatic carbocycles. The maximum Gasteiger partial charge on any atom is 0.344 e. The Morgan fingerprint density at radius 3 is 2.24 bits per heavy atom. The second-order valence-electron chi connectivity index (χ2n) is 10.2. The first-order valence-electron chi connectivity index (χ1n) is 13.2. The van der Waals surface area contributed by atoms with Crippen LogP contribution in [0.15, 0.2) is 104 Å². The van der Waals surface area contributed by atoms with Gasteiger partial charge in [0.15, 0.2) is 0 Å². The number of aryl methyl sites for hydroxylation is 1. The average Bonchev–Trinajstić information content (AvgIpc) is 3.45. The predicted octanol–water partition coefficient (Wildman–Crippen LogP) is 3.82. The molecule has 6 rings (SSSR count). The van der Waals surface area contributed by atoms with Gasteiger partial charge in [0.25, 0.3) is 5.56 Å². The van der Waals surface area contributed by atoms with E-state index in [9.17, 15) is 19.5 Å². The van der Waals surface area contributed by atoms with Crippen LogP contribution in [0.1, 0.15) is 28.2 Å². The lowest BCUT2D eigenvalue weighted by molar-refractivity contribution is 0.454. The van der Waals surface area contributed by atoms with E-state index in [4.69, 9.17) is 15.2 Å². The van der Waals surface area contributed by atoms with Crippen molar-refractivity contribution in [3.8, 4) is 22.7 Å². The van der Waals surface area contributed by atoms with Crippen molar-refractivity contribution in [2.75, 3.05) is 5.73 Å². The van der Waals surface area contributed by atoms with Gasteiger partial charge in [-0.3, -0.25) is 13.9 Å². The summed E-state index contributed by atoms with van der Waals surface area (Å²) in [5, 5.41) is 16.9. The van der Waals surface area contributed by atoms with Gasteiger partial charge in [0.1, 0.15) is 17.2 Å². The molecule has 1 unspecified atom stereocenters. The molecule has 3 heterocycles. The maximum absolute atomic E-state index is 13.8. The molecule has 10 nitrogen and oxygen atoms in total. The zero-order chi connectivity index (χ0) is 29.7. The molecule has 6 aromatic rings. The predicted molar refractivity (Wildman–Crippen MR) is 160 cm³/mol. The van der Waals surface area contributed by atoms with Gasteiger partial charge in [-0.1, -0.05) is 60.2 Å². The molecule has 42 heavy (non-hydrogen) atoms. The number of hydrogen-bond acceptors (Lipinski definition) is 7. The van der Waals surface area contributed by atoms with E-state index >= 15 is 0 Å². The summed E-state index contributed by atoms with van der Waals surface area (Å²) in [4.78, 5) is 40.4. The monoisotopic (exact) mass is 561 g/mol. The van der Waals surface area contributed by atoms with Gasteiger partial charge in [-0.15, -0.1) is 0 Å². The van der Waals surface area contributed by atoms with Crippen LogP contribution in [0.4, 0.5) is 5.82 Å². The van der Waals surface area contributed by atoms with Crippen LogP contribution in [0, 0.1) is 6.92 Å². The Morgan fingerprint density at radius 2 is 1.55 bits per heavy atom. The molecule has 0 aliphatic rings. The van der Waals surface area contributed by atoms with Gasteiger partial charge in [0.2, 0.25) is 0 Å². The quantitative estimate of drug-likeness (QED) is 0.305. The van der Waals surface area contributed by atoms with Crippen LogP contribution in [0.5, 0.6) is 5.75 Å². The molecule has 1 atom stereocenters. The summed E-state index contributed by atoms with van der Waals surface area (Å²) < 4.78 is 9.39. The summed E-state index contributed by atoms with van der Waals surface area (Å²) in [5.41, 5.74) is 7.32. The van der Waals surface area contributed by atoms with E-state index in [-0.39, 0.29) is 28.3 Å². The van der Waals surface area contributed by atoms with Crippen LogP contribution in [-0.4, -0.2) is 24.0 Å². The van der Waals surface area contributed by atoms with E-state index in [0.29, 0.717) is 22.2 Å². The highest BCUT2D eigenvalue weighted by Crippen LogP contribution is 2.42. The topological polar surface area (TPSA) is 138 Å². The molecule has 10 heteroatoms. The van der Waals surface area contributed by atoms with Crippen molar-refractivity contribution >= 4 is 16.8 Å². The number of aromatic nitrogens is 4. The van der Waals surface area contributed by atoms with Gasteiger partial charge in [-0.05, 0) is 31.2 Å². The molecule has 0 fully saturated rings. The second-order valence-corrected chi connectivity index (χ2v) is 10.2. The van der Waals surface area contributed by atoms with Crippen LogP contribution in [0.2, 0.25) is 0 Å². The Labute approximate surface area is 239 Å². The summed E-state index contributed by atoms with van der Waals surface area (Å²) >= 11 is 0. The minimum Gasteiger partial charge on any atom is -0.507 e. The summed E-state index contributed by atoms with van der Waals surface area (Å²) in [6.45, 7) is 1.85. The summed E-state index contributed by atoms with van der Waals surface area (Å²) in [7, 11) is 2.78. The molecule has 0 saturated heterocycles. The number of aromatic hydroxyl groups is 1. The SMILES string of the molecule is Cc1ccc2oc(=O)c(C(c3cn(-c4ccccc4)nc3-c3ccccc3)c3c(N)n(C)c(=O)n(C)c3=O)c(O)c2c1. The lowest BCUT2D eigenvalue weighted by Crippen LogP contribution is -2.41. The maximum atomic E-state index is 13.8. The fourth-order valence-corrected chi connectivity index (χ4v) is 5.31. The first-order chi connectivity index (χ1) is 20.2. The summed E-state index contributed by atoms with van der Waals surface area (Å²) in [6.07, 6.45) is 1.70. The number of fused-ring (bicyclic) bond motifs is 1. The Morgan fingerprint density at radius 1 is 0.881 bits per heavy atom. The molecule has 210 valence electrons. The third-order valence-electron chi connectivity index (χ3n) is 7.51. The van der Waals surface area contributed by atoms with Crippen LogP contribution in [0.25, 0.3) is 27.9 Å². The van der Waals surface area contributed by atoms with Gasteiger partial charge in [0, 0.05) is 31.4 Å². The van der Waals surface area contributed by atoms with Crippen LogP contribution >= 0.6 is 0 Å². The Kier molecular flexibility index (Phi) is 6.38. The molecule has 3 aromatic heterocycles. The van der Waals surface area contributed by atoms with Gasteiger partial charge in [0.05, 0.1) is 33.8 Å². The highest BCUT2D eigenvalue weighted by molar-refractivity contribution is 5.86. The summed E-state index contributed by atoms with van der Waals surface area (Å²) in [6, 6.07) is 23.7. The number of hydrogen-bond donors (Lipinski definition) is 2. The minimum atomic E-state index is -1.26. The molecular weight excluding hydrogens is 534 g/mol. The fraction of sp³-hybridized carbons (Fsp3) is 0.125. The first-order valence-corrected chi connectivity index (χ1v) is 13.2. The second kappa shape index (κ2) is 10.1. The number of rotatable bonds is 5. The third kappa shape index (κ3) is 4.21. The normalized spacial score (nSPS) is 12.1. The van der Waals surface area contributed by atoms with Crippen molar-refractivity contribution < 1.29 is 9.52 Å². The molecule has 0 aliphatic heterocycles. The van der Waals surface area contributed by atoms with Crippen molar-refractivity contribution in [1.29, 1.82) is 0 Å². The lowest BCUT2D eigenvalue weighted by atomic mass is 9.84. The van der Waals surface area contributed by atoms with Crippen molar-refractivity contribution in [3.63, 3.8) is 0 Å². The Hall–Kier alpha value is -5.64. The molecule has 0 radical (unpaired) electrons. The van der Waals surface area contributed by atoms with Crippen LogP contribution in [0.3, 0.4) is 0 Å². The van der Waals surface area contributed by atoms with Gasteiger partial charge < -0.3 is 15.3 Å². The van der Waals surface area contributed by atoms with E-state index in [0.717, 1.165) is 20.4 Å². The standard InChI is InChI=1S/C32H27N5O5/c1-18-14-15-23-21(16-18)28(38)25(31(40)42-23)24(26-29(33)35(2)32(41)36(3)30(26)39)22-17-37(20-12-8-5-9-13-20)34-27(22)19-10-6-4-7-11-19/h4-17,24,38H,33H2,1-3H3. The van der Waals surface area contributed by atoms with Crippen molar-refractivity contribution in [2.24, 2.45) is 14.1 Å². The van der Waals surface area contributed by atoms with Crippen LogP contribution < -0.4 is 22.6 Å². The zero-order valence-electron chi connectivity index (χ0n) is 23.1. The fourth-order valence-electron chi connectivity index (χ4n) is 5.31. The number of benzene rings is 3. The van der Waals surface area contributed by atoms with Gasteiger partial charge in [-0.25, -0.2) is 14.3 Å². The highest BCUT2D eigenvalue weighted by atomic mass is 16.4. The van der Waals surface area contributed by atoms with Crippen molar-refractivity contribution in [3.05, 3.63) is 139 Å². The smallest absolute Gasteiger partial charge is 0.344 e. The van der Waals surface area contributed by atoms with Gasteiger partial charge >= 0.3 is 11.3 Å². The molecule has 0 saturated carbocycles. The van der Waals surface area contributed by atoms with E-state index in [1.165, 1.54) is 14.1 Å². The third-order valence-corrected chi connectivity index (χ3v) is 7.51. The van der Waals surface area contributed by atoms with Crippen molar-refractivity contribution in [2.45, 2.75) is 12.8 Å². The average molecular weight is 562 g/mol. The number of nitrogens with two attached hydrogens (primary N) is 1. The Bertz CT molecular complexity index is 2160. The van der Waals surface area contributed by atoms with Crippen LogP contribution in [-0.2, 0) is 14.1 Å². The minimum absolute atomic E-state index is 0.0704. The van der Waals surface area contributed by atoms with E-state index < -0.39 is 22.8 Å². The number of nitrogens with zero attached hydrogens (tertiary/aromatic N) is 4. The largest absolute Gasteiger partial charge is 0.507 e. The Balaban J connectivity index is 1.79.